The smallest absolute Gasteiger partial charge is 0.0725 e. The standard InChI is InChI=1S/C10H17N3/c1-10(2,6-11)9-7-4-3-5-8(7)12-13-9/h3-6,11H2,1-2H3,(H,12,13). The van der Waals surface area contributed by atoms with Crippen molar-refractivity contribution in [2.45, 2.75) is 38.5 Å². The predicted octanol–water partition coefficient (Wildman–Crippen LogP) is 1.13. The molecule has 1 heterocycles. The van der Waals surface area contributed by atoms with Crippen LogP contribution in [0.15, 0.2) is 0 Å². The molecule has 72 valence electrons. The van der Waals surface area contributed by atoms with Crippen LogP contribution in [0.5, 0.6) is 0 Å². The molecule has 13 heavy (non-hydrogen) atoms. The molecule has 3 N–H and O–H groups in total. The van der Waals surface area contributed by atoms with Gasteiger partial charge >= 0.3 is 0 Å². The molecule has 0 spiro atoms. The maximum Gasteiger partial charge on any atom is 0.0725 e. The average Bonchev–Trinajstić information content (AvgIpc) is 2.62. The number of aryl methyl sites for hydroxylation is 1. The zero-order valence-electron chi connectivity index (χ0n) is 8.35. The molecule has 1 aliphatic carbocycles. The van der Waals surface area contributed by atoms with Crippen LogP contribution in [-0.4, -0.2) is 16.7 Å². The first-order valence-corrected chi connectivity index (χ1v) is 4.92. The topological polar surface area (TPSA) is 54.7 Å². The number of aromatic amines is 1. The number of H-pyrrole nitrogens is 1. The number of nitrogens with one attached hydrogen (secondary N) is 1. The van der Waals surface area contributed by atoms with E-state index in [0.29, 0.717) is 6.54 Å². The van der Waals surface area contributed by atoms with Crippen LogP contribution in [0.3, 0.4) is 0 Å². The Hall–Kier alpha value is -0.830. The third kappa shape index (κ3) is 1.27. The molecule has 0 unspecified atom stereocenters. The van der Waals surface area contributed by atoms with E-state index in [2.05, 4.69) is 24.0 Å². The SMILES string of the molecule is CC(C)(CN)c1n[nH]c2c1CCC2. The Kier molecular flexibility index (Phi) is 1.91. The fourth-order valence-corrected chi connectivity index (χ4v) is 1.98. The van der Waals surface area contributed by atoms with Gasteiger partial charge in [-0.2, -0.15) is 5.10 Å². The number of nitrogens with two attached hydrogens (primary N) is 1. The molecular formula is C10H17N3. The largest absolute Gasteiger partial charge is 0.330 e. The van der Waals surface area contributed by atoms with E-state index in [1.807, 2.05) is 0 Å². The van der Waals surface area contributed by atoms with E-state index in [4.69, 9.17) is 5.73 Å². The molecule has 1 aromatic heterocycles. The number of aromatic nitrogens is 2. The summed E-state index contributed by atoms with van der Waals surface area (Å²) in [5.74, 6) is 0. The van der Waals surface area contributed by atoms with Crippen LogP contribution in [0, 0.1) is 0 Å². The van der Waals surface area contributed by atoms with Crippen LogP contribution in [-0.2, 0) is 18.3 Å². The van der Waals surface area contributed by atoms with E-state index < -0.39 is 0 Å². The second-order valence-electron chi connectivity index (χ2n) is 4.47. The summed E-state index contributed by atoms with van der Waals surface area (Å²) < 4.78 is 0. The van der Waals surface area contributed by atoms with Crippen molar-refractivity contribution in [1.29, 1.82) is 0 Å². The van der Waals surface area contributed by atoms with Gasteiger partial charge in [0, 0.05) is 17.7 Å². The van der Waals surface area contributed by atoms with E-state index in [-0.39, 0.29) is 5.41 Å². The number of hydrogen-bond donors (Lipinski definition) is 2. The van der Waals surface area contributed by atoms with Gasteiger partial charge in [-0.05, 0) is 24.8 Å². The van der Waals surface area contributed by atoms with Gasteiger partial charge in [0.15, 0.2) is 0 Å². The molecule has 0 aromatic carbocycles. The highest BCUT2D eigenvalue weighted by Crippen LogP contribution is 2.30. The zero-order chi connectivity index (χ0) is 9.47. The van der Waals surface area contributed by atoms with E-state index in [9.17, 15) is 0 Å². The Balaban J connectivity index is 2.41. The highest BCUT2D eigenvalue weighted by molar-refractivity contribution is 5.34. The summed E-state index contributed by atoms with van der Waals surface area (Å²) in [4.78, 5) is 0. The van der Waals surface area contributed by atoms with Gasteiger partial charge in [0.1, 0.15) is 0 Å². The molecule has 0 atom stereocenters. The highest BCUT2D eigenvalue weighted by Gasteiger charge is 2.28. The van der Waals surface area contributed by atoms with Crippen molar-refractivity contribution in [3.8, 4) is 0 Å². The minimum atomic E-state index is 0.0222. The third-order valence-electron chi connectivity index (χ3n) is 2.96. The third-order valence-corrected chi connectivity index (χ3v) is 2.96. The molecule has 0 radical (unpaired) electrons. The van der Waals surface area contributed by atoms with Gasteiger partial charge in [-0.3, -0.25) is 5.10 Å². The van der Waals surface area contributed by atoms with Crippen LogP contribution < -0.4 is 5.73 Å². The van der Waals surface area contributed by atoms with Crippen molar-refractivity contribution in [3.05, 3.63) is 17.0 Å². The van der Waals surface area contributed by atoms with Gasteiger partial charge in [0.2, 0.25) is 0 Å². The number of rotatable bonds is 2. The summed E-state index contributed by atoms with van der Waals surface area (Å²) in [5, 5.41) is 7.50. The van der Waals surface area contributed by atoms with E-state index in [1.54, 1.807) is 0 Å². The van der Waals surface area contributed by atoms with Crippen LogP contribution in [0.25, 0.3) is 0 Å². The first-order chi connectivity index (χ1) is 6.15. The van der Waals surface area contributed by atoms with Gasteiger partial charge < -0.3 is 5.73 Å². The lowest BCUT2D eigenvalue weighted by Crippen LogP contribution is -2.29. The molecule has 0 bridgehead atoms. The van der Waals surface area contributed by atoms with E-state index in [0.717, 1.165) is 6.42 Å². The van der Waals surface area contributed by atoms with Crippen molar-refractivity contribution >= 4 is 0 Å². The van der Waals surface area contributed by atoms with Crippen molar-refractivity contribution in [2.24, 2.45) is 5.73 Å². The Morgan fingerprint density at radius 1 is 1.46 bits per heavy atom. The van der Waals surface area contributed by atoms with Crippen molar-refractivity contribution in [3.63, 3.8) is 0 Å². The monoisotopic (exact) mass is 179 g/mol. The molecule has 3 nitrogen and oxygen atoms in total. The maximum absolute atomic E-state index is 5.74. The number of fused-ring (bicyclic) bond motifs is 1. The van der Waals surface area contributed by atoms with E-state index in [1.165, 1.54) is 29.8 Å². The molecule has 0 amide bonds. The molecule has 0 saturated heterocycles. The molecule has 0 saturated carbocycles. The molecule has 1 aliphatic rings. The summed E-state index contributed by atoms with van der Waals surface area (Å²) in [7, 11) is 0. The highest BCUT2D eigenvalue weighted by atomic mass is 15.1. The van der Waals surface area contributed by atoms with Crippen LogP contribution in [0.4, 0.5) is 0 Å². The quantitative estimate of drug-likeness (QED) is 0.715. The van der Waals surface area contributed by atoms with Crippen molar-refractivity contribution < 1.29 is 0 Å². The molecule has 1 aromatic rings. The normalized spacial score (nSPS) is 16.2. The summed E-state index contributed by atoms with van der Waals surface area (Å²) in [6, 6.07) is 0. The fourth-order valence-electron chi connectivity index (χ4n) is 1.98. The molecule has 0 fully saturated rings. The second kappa shape index (κ2) is 2.84. The Morgan fingerprint density at radius 2 is 2.23 bits per heavy atom. The minimum Gasteiger partial charge on any atom is -0.330 e. The van der Waals surface area contributed by atoms with Crippen molar-refractivity contribution in [1.82, 2.24) is 10.2 Å². The maximum atomic E-state index is 5.74. The molecule has 0 aliphatic heterocycles. The Bertz CT molecular complexity index is 312. The zero-order valence-corrected chi connectivity index (χ0v) is 8.35. The van der Waals surface area contributed by atoms with Crippen LogP contribution in [0.1, 0.15) is 37.2 Å². The first kappa shape index (κ1) is 8.75. The lowest BCUT2D eigenvalue weighted by atomic mass is 9.86. The van der Waals surface area contributed by atoms with E-state index >= 15 is 0 Å². The fraction of sp³-hybridized carbons (Fsp3) is 0.700. The van der Waals surface area contributed by atoms with Gasteiger partial charge in [0.05, 0.1) is 5.69 Å². The van der Waals surface area contributed by atoms with Gasteiger partial charge in [-0.15, -0.1) is 0 Å². The minimum absolute atomic E-state index is 0.0222. The molecule has 3 heteroatoms. The lowest BCUT2D eigenvalue weighted by Gasteiger charge is -2.20. The van der Waals surface area contributed by atoms with Gasteiger partial charge in [-0.1, -0.05) is 13.8 Å². The summed E-state index contributed by atoms with van der Waals surface area (Å²) >= 11 is 0. The van der Waals surface area contributed by atoms with Gasteiger partial charge in [-0.25, -0.2) is 0 Å². The average molecular weight is 179 g/mol. The number of hydrogen-bond acceptors (Lipinski definition) is 2. The Morgan fingerprint density at radius 3 is 2.92 bits per heavy atom. The second-order valence-corrected chi connectivity index (χ2v) is 4.47. The summed E-state index contributed by atoms with van der Waals surface area (Å²) in [5.41, 5.74) is 9.70. The summed E-state index contributed by atoms with van der Waals surface area (Å²) in [6.07, 6.45) is 3.59. The van der Waals surface area contributed by atoms with Gasteiger partial charge in [0.25, 0.3) is 0 Å². The summed E-state index contributed by atoms with van der Waals surface area (Å²) in [6.45, 7) is 4.97. The number of nitrogens with zero attached hydrogens (tertiary/aromatic N) is 1. The van der Waals surface area contributed by atoms with Crippen molar-refractivity contribution in [2.75, 3.05) is 6.54 Å². The first-order valence-electron chi connectivity index (χ1n) is 4.92. The molecular weight excluding hydrogens is 162 g/mol. The predicted molar refractivity (Wildman–Crippen MR) is 52.7 cm³/mol. The van der Waals surface area contributed by atoms with Crippen LogP contribution in [0.2, 0.25) is 0 Å². The molecule has 2 rings (SSSR count). The Labute approximate surface area is 78.7 Å². The van der Waals surface area contributed by atoms with Crippen LogP contribution >= 0.6 is 0 Å². The lowest BCUT2D eigenvalue weighted by molar-refractivity contribution is 0.514.